The van der Waals surface area contributed by atoms with Gasteiger partial charge in [-0.3, -0.25) is 14.5 Å². The van der Waals surface area contributed by atoms with Crippen LogP contribution in [0, 0.1) is 6.92 Å². The van der Waals surface area contributed by atoms with Crippen molar-refractivity contribution < 1.29 is 19.1 Å². The van der Waals surface area contributed by atoms with E-state index in [9.17, 15) is 9.59 Å². The number of amides is 2. The summed E-state index contributed by atoms with van der Waals surface area (Å²) < 4.78 is 10.8. The Morgan fingerprint density at radius 2 is 1.61 bits per heavy atom. The molecule has 6 heteroatoms. The van der Waals surface area contributed by atoms with Crippen molar-refractivity contribution in [2.45, 2.75) is 13.5 Å². The van der Waals surface area contributed by atoms with Gasteiger partial charge < -0.3 is 14.8 Å². The highest BCUT2D eigenvalue weighted by atomic mass is 16.7. The lowest BCUT2D eigenvalue weighted by molar-refractivity contribution is -0.137. The molecular formula is C25H20N2O4. The van der Waals surface area contributed by atoms with Crippen molar-refractivity contribution in [3.8, 4) is 11.5 Å². The lowest BCUT2D eigenvalue weighted by Gasteiger charge is -2.16. The van der Waals surface area contributed by atoms with E-state index < -0.39 is 0 Å². The van der Waals surface area contributed by atoms with Gasteiger partial charge in [-0.15, -0.1) is 0 Å². The molecule has 154 valence electrons. The molecule has 0 radical (unpaired) electrons. The minimum Gasteiger partial charge on any atom is -0.454 e. The molecule has 0 aromatic heterocycles. The number of nitrogens with zero attached hydrogens (tertiary/aromatic N) is 1. The number of benzene rings is 3. The Hall–Kier alpha value is -4.06. The third-order valence-electron chi connectivity index (χ3n) is 5.33. The van der Waals surface area contributed by atoms with Gasteiger partial charge in [-0.05, 0) is 42.3 Å². The molecule has 3 aromatic carbocycles. The third-order valence-corrected chi connectivity index (χ3v) is 5.33. The van der Waals surface area contributed by atoms with Gasteiger partial charge in [-0.25, -0.2) is 0 Å². The first kappa shape index (κ1) is 18.9. The highest BCUT2D eigenvalue weighted by molar-refractivity contribution is 6.36. The summed E-state index contributed by atoms with van der Waals surface area (Å²) in [6, 6.07) is 22.4. The first-order chi connectivity index (χ1) is 15.1. The van der Waals surface area contributed by atoms with E-state index in [1.165, 1.54) is 4.90 Å². The van der Waals surface area contributed by atoms with Crippen molar-refractivity contribution in [1.29, 1.82) is 0 Å². The van der Waals surface area contributed by atoms with E-state index in [4.69, 9.17) is 9.47 Å². The zero-order chi connectivity index (χ0) is 21.4. The van der Waals surface area contributed by atoms with Crippen molar-refractivity contribution in [2.75, 3.05) is 12.1 Å². The van der Waals surface area contributed by atoms with Gasteiger partial charge in [0.2, 0.25) is 6.79 Å². The molecule has 2 aliphatic heterocycles. The number of rotatable bonds is 5. The van der Waals surface area contributed by atoms with E-state index in [0.29, 0.717) is 22.6 Å². The highest BCUT2D eigenvalue weighted by Crippen LogP contribution is 2.35. The number of ether oxygens (including phenoxy) is 2. The monoisotopic (exact) mass is 412 g/mol. The summed E-state index contributed by atoms with van der Waals surface area (Å²) in [5.41, 5.74) is 3.99. The molecule has 2 heterocycles. The Morgan fingerprint density at radius 3 is 2.39 bits per heavy atom. The van der Waals surface area contributed by atoms with Gasteiger partial charge in [0.25, 0.3) is 11.8 Å². The maximum Gasteiger partial charge on any atom is 0.278 e. The smallest absolute Gasteiger partial charge is 0.278 e. The molecule has 2 aliphatic rings. The maximum atomic E-state index is 13.4. The summed E-state index contributed by atoms with van der Waals surface area (Å²) in [6.07, 6.45) is 0. The molecule has 5 rings (SSSR count). The quantitative estimate of drug-likeness (QED) is 0.639. The van der Waals surface area contributed by atoms with Gasteiger partial charge >= 0.3 is 0 Å². The van der Waals surface area contributed by atoms with Gasteiger partial charge in [-0.1, -0.05) is 54.1 Å². The van der Waals surface area contributed by atoms with Crippen LogP contribution in [0.3, 0.4) is 0 Å². The average Bonchev–Trinajstić information content (AvgIpc) is 3.34. The molecule has 0 saturated carbocycles. The summed E-state index contributed by atoms with van der Waals surface area (Å²) in [6.45, 7) is 2.31. The molecule has 0 fully saturated rings. The van der Waals surface area contributed by atoms with Crippen LogP contribution in [0.2, 0.25) is 0 Å². The predicted molar refractivity (Wildman–Crippen MR) is 116 cm³/mol. The fourth-order valence-electron chi connectivity index (χ4n) is 3.71. The fourth-order valence-corrected chi connectivity index (χ4v) is 3.71. The van der Waals surface area contributed by atoms with Crippen molar-refractivity contribution in [3.05, 3.63) is 95.2 Å². The highest BCUT2D eigenvalue weighted by Gasteiger charge is 2.39. The fraction of sp³-hybridized carbons (Fsp3) is 0.120. The van der Waals surface area contributed by atoms with Crippen LogP contribution in [0.5, 0.6) is 11.5 Å². The standard InChI is InChI=1S/C25H20N2O4/c1-16-7-10-19(11-8-16)26-23-22(18-5-3-2-4-6-18)24(28)27(25(23)29)14-17-9-12-20-21(13-17)31-15-30-20/h2-13,26H,14-15H2,1H3. The maximum absolute atomic E-state index is 13.4. The SMILES string of the molecule is Cc1ccc(NC2=C(c3ccccc3)C(=O)N(Cc3ccc4c(c3)OCO4)C2=O)cc1. The van der Waals surface area contributed by atoms with Gasteiger partial charge in [0.15, 0.2) is 11.5 Å². The number of imide groups is 1. The molecule has 2 amide bonds. The first-order valence-corrected chi connectivity index (χ1v) is 9.98. The van der Waals surface area contributed by atoms with Crippen LogP contribution < -0.4 is 14.8 Å². The summed E-state index contributed by atoms with van der Waals surface area (Å²) in [5, 5.41) is 3.18. The number of hydrogen-bond donors (Lipinski definition) is 1. The Bertz CT molecular complexity index is 1200. The Labute approximate surface area is 179 Å². The van der Waals surface area contributed by atoms with E-state index in [-0.39, 0.29) is 30.8 Å². The molecule has 0 atom stereocenters. The van der Waals surface area contributed by atoms with Gasteiger partial charge in [0, 0.05) is 5.69 Å². The number of fused-ring (bicyclic) bond motifs is 1. The number of hydrogen-bond acceptors (Lipinski definition) is 5. The first-order valence-electron chi connectivity index (χ1n) is 9.98. The topological polar surface area (TPSA) is 67.9 Å². The average molecular weight is 412 g/mol. The molecule has 6 nitrogen and oxygen atoms in total. The number of aryl methyl sites for hydroxylation is 1. The summed E-state index contributed by atoms with van der Waals surface area (Å²) in [4.78, 5) is 28.0. The van der Waals surface area contributed by atoms with Crippen LogP contribution >= 0.6 is 0 Å². The number of nitrogens with one attached hydrogen (secondary N) is 1. The second-order valence-corrected chi connectivity index (χ2v) is 7.49. The zero-order valence-electron chi connectivity index (χ0n) is 16.9. The largest absolute Gasteiger partial charge is 0.454 e. The van der Waals surface area contributed by atoms with Gasteiger partial charge in [-0.2, -0.15) is 0 Å². The van der Waals surface area contributed by atoms with Crippen LogP contribution in [0.4, 0.5) is 5.69 Å². The van der Waals surface area contributed by atoms with Crippen molar-refractivity contribution in [1.82, 2.24) is 4.90 Å². The Kier molecular flexibility index (Phi) is 4.67. The van der Waals surface area contributed by atoms with E-state index in [1.807, 2.05) is 67.6 Å². The molecule has 1 N–H and O–H groups in total. The number of carbonyl (C=O) groups excluding carboxylic acids is 2. The normalized spacial score (nSPS) is 15.1. The molecule has 0 saturated heterocycles. The minimum absolute atomic E-state index is 0.143. The summed E-state index contributed by atoms with van der Waals surface area (Å²) in [5.74, 6) is 0.587. The number of carbonyl (C=O) groups is 2. The van der Waals surface area contributed by atoms with E-state index >= 15 is 0 Å². The molecular weight excluding hydrogens is 392 g/mol. The van der Waals surface area contributed by atoms with E-state index in [1.54, 1.807) is 12.1 Å². The van der Waals surface area contributed by atoms with Crippen LogP contribution in [0.25, 0.3) is 5.57 Å². The molecule has 0 bridgehead atoms. The number of anilines is 1. The predicted octanol–water partition coefficient (Wildman–Crippen LogP) is 4.12. The summed E-state index contributed by atoms with van der Waals surface area (Å²) >= 11 is 0. The molecule has 0 unspecified atom stereocenters. The van der Waals surface area contributed by atoms with Gasteiger partial charge in [0.1, 0.15) is 5.70 Å². The third kappa shape index (κ3) is 3.53. The minimum atomic E-state index is -0.359. The van der Waals surface area contributed by atoms with Crippen LogP contribution in [0.1, 0.15) is 16.7 Å². The Balaban J connectivity index is 1.49. The lowest BCUT2D eigenvalue weighted by Crippen LogP contribution is -2.32. The van der Waals surface area contributed by atoms with Crippen molar-refractivity contribution in [2.24, 2.45) is 0 Å². The van der Waals surface area contributed by atoms with Crippen LogP contribution in [-0.2, 0) is 16.1 Å². The van der Waals surface area contributed by atoms with Crippen molar-refractivity contribution >= 4 is 23.1 Å². The van der Waals surface area contributed by atoms with Crippen LogP contribution in [0.15, 0.2) is 78.5 Å². The zero-order valence-corrected chi connectivity index (χ0v) is 16.9. The van der Waals surface area contributed by atoms with Gasteiger partial charge in [0.05, 0.1) is 12.1 Å². The molecule has 0 aliphatic carbocycles. The van der Waals surface area contributed by atoms with Crippen molar-refractivity contribution in [3.63, 3.8) is 0 Å². The molecule has 31 heavy (non-hydrogen) atoms. The molecule has 3 aromatic rings. The van der Waals surface area contributed by atoms with E-state index in [0.717, 1.165) is 16.8 Å². The second kappa shape index (κ2) is 7.65. The van der Waals surface area contributed by atoms with E-state index in [2.05, 4.69) is 5.32 Å². The Morgan fingerprint density at radius 1 is 0.871 bits per heavy atom. The lowest BCUT2D eigenvalue weighted by atomic mass is 10.0. The molecule has 0 spiro atoms. The van der Waals surface area contributed by atoms with Crippen LogP contribution in [-0.4, -0.2) is 23.5 Å². The summed E-state index contributed by atoms with van der Waals surface area (Å²) in [7, 11) is 0. The second-order valence-electron chi connectivity index (χ2n) is 7.49.